The Hall–Kier alpha value is -2.46. The molecule has 1 rings (SSSR count). The normalized spacial score (nSPS) is 11.8. The number of benzene rings is 1. The predicted octanol–water partition coefficient (Wildman–Crippen LogP) is 1.99. The molecule has 0 saturated heterocycles. The summed E-state index contributed by atoms with van der Waals surface area (Å²) in [5.74, 6) is 0.193. The van der Waals surface area contributed by atoms with Crippen molar-refractivity contribution in [3.05, 3.63) is 24.3 Å². The minimum atomic E-state index is 0.193. The van der Waals surface area contributed by atoms with Gasteiger partial charge in [0.05, 0.1) is 410 Å². The van der Waals surface area contributed by atoms with Gasteiger partial charge < -0.3 is 162 Å². The number of anilines is 1. The van der Waals surface area contributed by atoms with Gasteiger partial charge in [-0.15, -0.1) is 0 Å². The molecule has 0 spiro atoms. The molecule has 1 N–H and O–H groups in total. The quantitative estimate of drug-likeness (QED) is 0.0912. The number of aromatic hydroxyl groups is 1. The molecule has 1 aromatic carbocycles. The average Bonchev–Trinajstić information content (AvgIpc) is 0.887. The lowest BCUT2D eigenvalue weighted by Gasteiger charge is -2.25. The minimum Gasteiger partial charge on any atom is -0.508 e. The van der Waals surface area contributed by atoms with E-state index in [9.17, 15) is 5.11 Å². The molecule has 34 heteroatoms. The van der Waals surface area contributed by atoms with Gasteiger partial charge in [0.25, 0.3) is 0 Å². The fourth-order valence-electron chi connectivity index (χ4n) is 8.06. The van der Waals surface area contributed by atoms with Crippen LogP contribution in [-0.2, 0) is 152 Å². The highest BCUT2D eigenvalue weighted by molar-refractivity contribution is 5.50. The third-order valence-electron chi connectivity index (χ3n) is 13.5. The Kier molecular flexibility index (Phi) is 89.2. The SMILES string of the molecule is COCCOCCOCCOCCOCCOCCOCCOCCOCCOCCOCCOCCOCCOCCOCCOCCN(CCOCCOCCOCCOCCOCCOCCOCCOCCOCCOCCOCCOCCOCCOCCOCCOC)c1cccc(O)c1. The average molecular weight is 1550 g/mol. The van der Waals surface area contributed by atoms with Crippen molar-refractivity contribution in [1.82, 2.24) is 0 Å². The molecule has 0 heterocycles. The maximum absolute atomic E-state index is 10.1. The summed E-state index contributed by atoms with van der Waals surface area (Å²) >= 11 is 0. The molecule has 34 nitrogen and oxygen atoms in total. The van der Waals surface area contributed by atoms with Crippen molar-refractivity contribution in [3.63, 3.8) is 0 Å². The van der Waals surface area contributed by atoms with Crippen molar-refractivity contribution in [2.45, 2.75) is 0 Å². The molecule has 0 atom stereocenters. The van der Waals surface area contributed by atoms with Crippen molar-refractivity contribution in [2.75, 3.05) is 442 Å². The molecule has 630 valence electrons. The van der Waals surface area contributed by atoms with Gasteiger partial charge in [-0.05, 0) is 12.1 Å². The zero-order chi connectivity index (χ0) is 75.4. The molecule has 0 saturated carbocycles. The summed E-state index contributed by atoms with van der Waals surface area (Å²) in [5, 5.41) is 10.1. The van der Waals surface area contributed by atoms with Crippen LogP contribution in [0.25, 0.3) is 0 Å². The van der Waals surface area contributed by atoms with Gasteiger partial charge in [-0.25, -0.2) is 0 Å². The second-order valence-electron chi connectivity index (χ2n) is 21.9. The maximum Gasteiger partial charge on any atom is 0.117 e. The summed E-state index contributed by atoms with van der Waals surface area (Å²) < 4.78 is 176. The first kappa shape index (κ1) is 102. The van der Waals surface area contributed by atoms with Gasteiger partial charge in [0.2, 0.25) is 0 Å². The largest absolute Gasteiger partial charge is 0.508 e. The number of methoxy groups -OCH3 is 2. The van der Waals surface area contributed by atoms with E-state index in [1.54, 1.807) is 26.4 Å². The van der Waals surface area contributed by atoms with Gasteiger partial charge in [-0.2, -0.15) is 0 Å². The summed E-state index contributed by atoms with van der Waals surface area (Å²) in [5.41, 5.74) is 0.877. The Morgan fingerprint density at radius 2 is 0.302 bits per heavy atom. The number of hydrogen-bond donors (Lipinski definition) is 1. The summed E-state index contributed by atoms with van der Waals surface area (Å²) in [6, 6.07) is 7.13. The van der Waals surface area contributed by atoms with Crippen LogP contribution in [0.3, 0.4) is 0 Å². The van der Waals surface area contributed by atoms with E-state index >= 15 is 0 Å². The molecule has 0 radical (unpaired) electrons. The molecular weight excluding hydrogens is 1410 g/mol. The highest BCUT2D eigenvalue weighted by atomic mass is 16.6. The van der Waals surface area contributed by atoms with Crippen molar-refractivity contribution < 1.29 is 157 Å². The molecule has 1 aromatic rings. The number of phenols is 1. The Balaban J connectivity index is 1.75. The second-order valence-corrected chi connectivity index (χ2v) is 21.9. The van der Waals surface area contributed by atoms with Crippen LogP contribution in [0.4, 0.5) is 5.69 Å². The number of ether oxygens (including phenoxy) is 32. The topological polar surface area (TPSA) is 319 Å². The van der Waals surface area contributed by atoms with Crippen LogP contribution < -0.4 is 4.90 Å². The molecular formula is C72H139NO33. The van der Waals surface area contributed by atoms with Gasteiger partial charge in [0, 0.05) is 39.1 Å². The van der Waals surface area contributed by atoms with E-state index in [-0.39, 0.29) is 5.75 Å². The molecule has 0 amide bonds. The lowest BCUT2D eigenvalue weighted by Crippen LogP contribution is -2.31. The lowest BCUT2D eigenvalue weighted by molar-refractivity contribution is -0.0302. The first-order valence-corrected chi connectivity index (χ1v) is 37.6. The number of nitrogens with zero attached hydrogens (tertiary/aromatic N) is 1. The Morgan fingerprint density at radius 3 is 0.425 bits per heavy atom. The van der Waals surface area contributed by atoms with Gasteiger partial charge in [-0.3, -0.25) is 0 Å². The fourth-order valence-corrected chi connectivity index (χ4v) is 8.06. The van der Waals surface area contributed by atoms with Crippen LogP contribution in [0.5, 0.6) is 5.75 Å². The third-order valence-corrected chi connectivity index (χ3v) is 13.5. The van der Waals surface area contributed by atoms with Crippen molar-refractivity contribution in [1.29, 1.82) is 0 Å². The highest BCUT2D eigenvalue weighted by Crippen LogP contribution is 2.20. The van der Waals surface area contributed by atoms with E-state index in [0.717, 1.165) is 5.69 Å². The first-order valence-electron chi connectivity index (χ1n) is 37.6. The number of phenolic OH excluding ortho intramolecular Hbond substituents is 1. The van der Waals surface area contributed by atoms with Crippen LogP contribution >= 0.6 is 0 Å². The van der Waals surface area contributed by atoms with Crippen LogP contribution in [0.1, 0.15) is 0 Å². The molecule has 0 aromatic heterocycles. The van der Waals surface area contributed by atoms with E-state index in [0.29, 0.717) is 423 Å². The van der Waals surface area contributed by atoms with E-state index in [1.165, 1.54) is 0 Å². The zero-order valence-corrected chi connectivity index (χ0v) is 64.5. The van der Waals surface area contributed by atoms with Crippen molar-refractivity contribution >= 4 is 5.69 Å². The van der Waals surface area contributed by atoms with Crippen molar-refractivity contribution in [2.24, 2.45) is 0 Å². The summed E-state index contributed by atoms with van der Waals surface area (Å²) in [4.78, 5) is 2.11. The van der Waals surface area contributed by atoms with Crippen LogP contribution in [0, 0.1) is 0 Å². The lowest BCUT2D eigenvalue weighted by atomic mass is 10.2. The zero-order valence-electron chi connectivity index (χ0n) is 64.5. The van der Waals surface area contributed by atoms with E-state index < -0.39 is 0 Å². The molecule has 0 fully saturated rings. The Morgan fingerprint density at radius 1 is 0.179 bits per heavy atom. The molecule has 106 heavy (non-hydrogen) atoms. The van der Waals surface area contributed by atoms with Gasteiger partial charge in [0.15, 0.2) is 0 Å². The Bertz CT molecular complexity index is 1660. The van der Waals surface area contributed by atoms with E-state index in [2.05, 4.69) is 4.90 Å². The van der Waals surface area contributed by atoms with E-state index in [4.69, 9.17) is 152 Å². The standard InChI is InChI=1S/C72H139NO33/c1-75-10-12-79-18-20-83-26-28-87-34-36-91-42-44-95-50-52-99-58-60-103-66-68-105-64-62-101-56-54-97-48-46-93-40-38-89-32-30-85-24-22-81-16-14-77-8-6-73(71-4-3-5-72(74)70-71)7-9-78-15-17-82-23-25-86-31-33-90-39-41-94-47-49-98-55-57-102-63-65-106-69-67-104-61-59-100-53-51-96-45-43-92-37-35-88-29-27-84-21-19-80-13-11-76-2/h3-5,70,74H,6-69H2,1-2H3. The van der Waals surface area contributed by atoms with Gasteiger partial charge in [0.1, 0.15) is 5.75 Å². The van der Waals surface area contributed by atoms with Gasteiger partial charge in [-0.1, -0.05) is 6.07 Å². The molecule has 0 unspecified atom stereocenters. The maximum atomic E-state index is 10.1. The van der Waals surface area contributed by atoms with Crippen LogP contribution in [0.2, 0.25) is 0 Å². The summed E-state index contributed by atoms with van der Waals surface area (Å²) in [6.07, 6.45) is 0. The predicted molar refractivity (Wildman–Crippen MR) is 389 cm³/mol. The smallest absolute Gasteiger partial charge is 0.117 e. The van der Waals surface area contributed by atoms with E-state index in [1.807, 2.05) is 12.1 Å². The van der Waals surface area contributed by atoms with Crippen LogP contribution in [-0.4, -0.2) is 442 Å². The number of rotatable bonds is 97. The monoisotopic (exact) mass is 1550 g/mol. The first-order chi connectivity index (χ1) is 52.8. The van der Waals surface area contributed by atoms with Crippen molar-refractivity contribution in [3.8, 4) is 5.75 Å². The molecule has 0 bridgehead atoms. The third kappa shape index (κ3) is 85.5. The molecule has 0 aliphatic rings. The van der Waals surface area contributed by atoms with Crippen LogP contribution in [0.15, 0.2) is 24.3 Å². The number of hydrogen-bond acceptors (Lipinski definition) is 34. The molecule has 0 aliphatic heterocycles. The highest BCUT2D eigenvalue weighted by Gasteiger charge is 2.09. The molecule has 0 aliphatic carbocycles. The summed E-state index contributed by atoms with van der Waals surface area (Å²) in [6.45, 7) is 31.6. The summed E-state index contributed by atoms with van der Waals surface area (Å²) in [7, 11) is 3.29. The second kappa shape index (κ2) is 93.1. The Labute approximate surface area is 632 Å². The fraction of sp³-hybridized carbons (Fsp3) is 0.917. The van der Waals surface area contributed by atoms with Gasteiger partial charge >= 0.3 is 0 Å². The minimum absolute atomic E-state index is 0.193.